The average Bonchev–Trinajstić information content (AvgIpc) is 3.16. The van der Waals surface area contributed by atoms with Crippen LogP contribution >= 0.6 is 11.3 Å². The number of ether oxygens (including phenoxy) is 1. The van der Waals surface area contributed by atoms with Crippen LogP contribution in [-0.2, 0) is 6.42 Å². The summed E-state index contributed by atoms with van der Waals surface area (Å²) in [5.41, 5.74) is 1.22. The second-order valence-corrected chi connectivity index (χ2v) is 5.52. The molecule has 3 rings (SSSR count). The number of rotatable bonds is 5. The third kappa shape index (κ3) is 2.92. The number of methoxy groups -OCH3 is 1. The van der Waals surface area contributed by atoms with E-state index in [0.29, 0.717) is 12.3 Å². The minimum Gasteiger partial charge on any atom is -0.497 e. The van der Waals surface area contributed by atoms with Crippen molar-refractivity contribution in [3.05, 3.63) is 53.3 Å². The van der Waals surface area contributed by atoms with Gasteiger partial charge in [0.05, 0.1) is 13.4 Å². The van der Waals surface area contributed by atoms with Crippen LogP contribution in [-0.4, -0.2) is 19.6 Å². The molecular formula is C16H15NO3S. The molecule has 108 valence electrons. The third-order valence-corrected chi connectivity index (χ3v) is 4.30. The first-order valence-corrected chi connectivity index (χ1v) is 7.51. The number of furan rings is 1. The van der Waals surface area contributed by atoms with Gasteiger partial charge in [-0.2, -0.15) is 0 Å². The van der Waals surface area contributed by atoms with Gasteiger partial charge in [-0.25, -0.2) is 0 Å². The predicted octanol–water partition coefficient (Wildman–Crippen LogP) is 3.48. The molecule has 0 aliphatic heterocycles. The molecular weight excluding hydrogens is 286 g/mol. The summed E-state index contributed by atoms with van der Waals surface area (Å²) in [4.78, 5) is 11.8. The number of hydrogen-bond donors (Lipinski definition) is 1. The van der Waals surface area contributed by atoms with Crippen molar-refractivity contribution in [2.24, 2.45) is 0 Å². The van der Waals surface area contributed by atoms with Crippen molar-refractivity contribution < 1.29 is 13.9 Å². The number of nitrogens with one attached hydrogen (secondary N) is 1. The smallest absolute Gasteiger partial charge is 0.286 e. The lowest BCUT2D eigenvalue weighted by Gasteiger charge is -2.04. The standard InChI is InChI=1S/C16H15NO3S/c1-19-12-4-5-15-13(9-12)11(10-21-15)6-7-17-16(18)14-3-2-8-20-14/h2-5,8-10H,6-7H2,1H3,(H,17,18). The van der Waals surface area contributed by atoms with Gasteiger partial charge in [-0.15, -0.1) is 11.3 Å². The molecule has 0 saturated heterocycles. The number of hydrogen-bond acceptors (Lipinski definition) is 4. The van der Waals surface area contributed by atoms with Crippen molar-refractivity contribution in [2.45, 2.75) is 6.42 Å². The highest BCUT2D eigenvalue weighted by molar-refractivity contribution is 7.17. The summed E-state index contributed by atoms with van der Waals surface area (Å²) in [6.07, 6.45) is 2.27. The van der Waals surface area contributed by atoms with Crippen molar-refractivity contribution in [1.82, 2.24) is 5.32 Å². The van der Waals surface area contributed by atoms with E-state index in [9.17, 15) is 4.79 Å². The van der Waals surface area contributed by atoms with E-state index in [1.165, 1.54) is 21.9 Å². The summed E-state index contributed by atoms with van der Waals surface area (Å²) >= 11 is 1.70. The molecule has 1 N–H and O–H groups in total. The molecule has 2 aromatic heterocycles. The Morgan fingerprint density at radius 2 is 2.29 bits per heavy atom. The van der Waals surface area contributed by atoms with Gasteiger partial charge < -0.3 is 14.5 Å². The summed E-state index contributed by atoms with van der Waals surface area (Å²) in [7, 11) is 1.66. The normalized spacial score (nSPS) is 10.7. The van der Waals surface area contributed by atoms with Crippen LogP contribution in [0.2, 0.25) is 0 Å². The molecule has 2 heterocycles. The zero-order valence-corrected chi connectivity index (χ0v) is 12.4. The van der Waals surface area contributed by atoms with Crippen LogP contribution in [0.25, 0.3) is 10.1 Å². The van der Waals surface area contributed by atoms with Gasteiger partial charge in [0.25, 0.3) is 5.91 Å². The molecule has 0 aliphatic carbocycles. The van der Waals surface area contributed by atoms with Crippen molar-refractivity contribution in [2.75, 3.05) is 13.7 Å². The lowest BCUT2D eigenvalue weighted by atomic mass is 10.1. The molecule has 3 aromatic rings. The van der Waals surface area contributed by atoms with E-state index < -0.39 is 0 Å². The van der Waals surface area contributed by atoms with E-state index in [4.69, 9.17) is 9.15 Å². The topological polar surface area (TPSA) is 51.5 Å². The lowest BCUT2D eigenvalue weighted by Crippen LogP contribution is -2.25. The van der Waals surface area contributed by atoms with E-state index in [0.717, 1.165) is 12.2 Å². The van der Waals surface area contributed by atoms with E-state index >= 15 is 0 Å². The third-order valence-electron chi connectivity index (χ3n) is 3.29. The molecule has 0 spiro atoms. The molecule has 1 aromatic carbocycles. The molecule has 0 saturated carbocycles. The van der Waals surface area contributed by atoms with Crippen molar-refractivity contribution in [3.63, 3.8) is 0 Å². The number of carbonyl (C=O) groups is 1. The summed E-state index contributed by atoms with van der Waals surface area (Å²) in [5.74, 6) is 1.01. The van der Waals surface area contributed by atoms with E-state index in [-0.39, 0.29) is 5.91 Å². The van der Waals surface area contributed by atoms with Crippen molar-refractivity contribution in [1.29, 1.82) is 0 Å². The summed E-state index contributed by atoms with van der Waals surface area (Å²) in [5, 5.41) is 6.17. The highest BCUT2D eigenvalue weighted by Gasteiger charge is 2.09. The van der Waals surface area contributed by atoms with Crippen LogP contribution in [0.3, 0.4) is 0 Å². The minimum atomic E-state index is -0.183. The number of fused-ring (bicyclic) bond motifs is 1. The molecule has 5 heteroatoms. The van der Waals surface area contributed by atoms with Crippen molar-refractivity contribution in [3.8, 4) is 5.75 Å². The highest BCUT2D eigenvalue weighted by Crippen LogP contribution is 2.29. The fourth-order valence-electron chi connectivity index (χ4n) is 2.19. The Labute approximate surface area is 126 Å². The average molecular weight is 301 g/mol. The SMILES string of the molecule is COc1ccc2scc(CCNC(=O)c3ccco3)c2c1. The van der Waals surface area contributed by atoms with Gasteiger partial charge in [0.1, 0.15) is 5.75 Å². The predicted molar refractivity (Wildman–Crippen MR) is 83.1 cm³/mol. The summed E-state index contributed by atoms with van der Waals surface area (Å²) < 4.78 is 11.5. The Bertz CT molecular complexity index is 746. The monoisotopic (exact) mass is 301 g/mol. The van der Waals surface area contributed by atoms with E-state index in [2.05, 4.69) is 16.8 Å². The second-order valence-electron chi connectivity index (χ2n) is 4.61. The zero-order valence-electron chi connectivity index (χ0n) is 11.6. The first kappa shape index (κ1) is 13.7. The zero-order chi connectivity index (χ0) is 14.7. The Balaban J connectivity index is 1.66. The fraction of sp³-hybridized carbons (Fsp3) is 0.188. The molecule has 0 atom stereocenters. The number of carbonyl (C=O) groups excluding carboxylic acids is 1. The van der Waals surface area contributed by atoms with E-state index in [1.54, 1.807) is 30.6 Å². The largest absolute Gasteiger partial charge is 0.497 e. The van der Waals surface area contributed by atoms with Crippen LogP contribution in [0.15, 0.2) is 46.4 Å². The second kappa shape index (κ2) is 6.01. The first-order chi connectivity index (χ1) is 10.3. The number of thiophene rings is 1. The lowest BCUT2D eigenvalue weighted by molar-refractivity contribution is 0.0926. The molecule has 0 fully saturated rings. The van der Waals surface area contributed by atoms with Crippen LogP contribution in [0.1, 0.15) is 16.1 Å². The van der Waals surface area contributed by atoms with Gasteiger partial charge in [-0.05, 0) is 53.1 Å². The summed E-state index contributed by atoms with van der Waals surface area (Å²) in [6.45, 7) is 0.572. The van der Waals surface area contributed by atoms with Gasteiger partial charge in [0, 0.05) is 11.2 Å². The van der Waals surface area contributed by atoms with E-state index in [1.807, 2.05) is 12.1 Å². The van der Waals surface area contributed by atoms with Crippen LogP contribution in [0, 0.1) is 0 Å². The first-order valence-electron chi connectivity index (χ1n) is 6.64. The van der Waals surface area contributed by atoms with Crippen LogP contribution in [0.5, 0.6) is 5.75 Å². The van der Waals surface area contributed by atoms with Crippen molar-refractivity contribution >= 4 is 27.3 Å². The van der Waals surface area contributed by atoms with Gasteiger partial charge in [0.2, 0.25) is 0 Å². The molecule has 0 bridgehead atoms. The maximum atomic E-state index is 11.8. The van der Waals surface area contributed by atoms with Crippen LogP contribution < -0.4 is 10.1 Å². The minimum absolute atomic E-state index is 0.183. The Kier molecular flexibility index (Phi) is 3.92. The summed E-state index contributed by atoms with van der Waals surface area (Å²) in [6, 6.07) is 9.41. The highest BCUT2D eigenvalue weighted by atomic mass is 32.1. The van der Waals surface area contributed by atoms with Gasteiger partial charge in [-0.3, -0.25) is 4.79 Å². The maximum absolute atomic E-state index is 11.8. The van der Waals surface area contributed by atoms with Gasteiger partial charge >= 0.3 is 0 Å². The number of benzene rings is 1. The molecule has 1 amide bonds. The molecule has 0 radical (unpaired) electrons. The molecule has 4 nitrogen and oxygen atoms in total. The Morgan fingerprint density at radius 3 is 3.05 bits per heavy atom. The van der Waals surface area contributed by atoms with Gasteiger partial charge in [0.15, 0.2) is 5.76 Å². The Hall–Kier alpha value is -2.27. The number of amides is 1. The van der Waals surface area contributed by atoms with Gasteiger partial charge in [-0.1, -0.05) is 0 Å². The van der Waals surface area contributed by atoms with Crippen LogP contribution in [0.4, 0.5) is 0 Å². The fourth-order valence-corrected chi connectivity index (χ4v) is 3.16. The maximum Gasteiger partial charge on any atom is 0.286 e. The molecule has 0 aliphatic rings. The quantitative estimate of drug-likeness (QED) is 0.785. The molecule has 0 unspecified atom stereocenters. The molecule has 21 heavy (non-hydrogen) atoms. The Morgan fingerprint density at radius 1 is 1.38 bits per heavy atom.